The van der Waals surface area contributed by atoms with E-state index in [9.17, 15) is 4.79 Å². The van der Waals surface area contributed by atoms with Crippen molar-refractivity contribution >= 4 is 32.6 Å². The molecule has 0 N–H and O–H groups in total. The number of pyridine rings is 1. The number of aryl methyl sites for hydroxylation is 1. The summed E-state index contributed by atoms with van der Waals surface area (Å²) in [6.45, 7) is 1.80. The largest absolute Gasteiger partial charge is 0.348 e. The van der Waals surface area contributed by atoms with Crippen LogP contribution in [-0.4, -0.2) is 56.7 Å². The molecule has 7 nitrogen and oxygen atoms in total. The lowest BCUT2D eigenvalue weighted by Gasteiger charge is -2.36. The number of piperidine rings is 1. The molecule has 3 aromatic heterocycles. The molecule has 1 aliphatic rings. The van der Waals surface area contributed by atoms with E-state index in [-0.39, 0.29) is 11.9 Å². The molecule has 25 heavy (non-hydrogen) atoms. The number of amides is 1. The number of rotatable bonds is 3. The number of aromatic nitrogens is 4. The fraction of sp³-hybridized carbons (Fsp3) is 0.412. The molecule has 1 fully saturated rings. The van der Waals surface area contributed by atoms with Crippen LogP contribution in [0.4, 0.5) is 5.13 Å². The highest BCUT2D eigenvalue weighted by atomic mass is 32.1. The molecular formula is C17H20N6OS. The second kappa shape index (κ2) is 6.44. The molecule has 3 aromatic rings. The Morgan fingerprint density at radius 3 is 2.80 bits per heavy atom. The van der Waals surface area contributed by atoms with Gasteiger partial charge in [-0.2, -0.15) is 5.10 Å². The Morgan fingerprint density at radius 1 is 1.32 bits per heavy atom. The Morgan fingerprint density at radius 2 is 2.12 bits per heavy atom. The van der Waals surface area contributed by atoms with Crippen LogP contribution in [0.3, 0.4) is 0 Å². The Kier molecular flexibility index (Phi) is 4.12. The van der Waals surface area contributed by atoms with E-state index in [0.29, 0.717) is 5.69 Å². The Labute approximate surface area is 149 Å². The van der Waals surface area contributed by atoms with E-state index in [1.807, 2.05) is 25.1 Å². The van der Waals surface area contributed by atoms with Crippen LogP contribution in [0.5, 0.6) is 0 Å². The topological polar surface area (TPSA) is 67.2 Å². The molecule has 0 spiro atoms. The fourth-order valence-electron chi connectivity index (χ4n) is 3.22. The lowest BCUT2D eigenvalue weighted by molar-refractivity contribution is 0.0702. The molecule has 1 amide bonds. The van der Waals surface area contributed by atoms with Crippen molar-refractivity contribution in [2.45, 2.75) is 18.9 Å². The first-order valence-corrected chi connectivity index (χ1v) is 9.16. The third-order valence-corrected chi connectivity index (χ3v) is 5.81. The number of hydrogen-bond donors (Lipinski definition) is 0. The van der Waals surface area contributed by atoms with Crippen LogP contribution in [-0.2, 0) is 7.05 Å². The molecule has 0 saturated carbocycles. The van der Waals surface area contributed by atoms with E-state index in [1.54, 1.807) is 40.7 Å². The van der Waals surface area contributed by atoms with Crippen LogP contribution in [0.2, 0.25) is 0 Å². The van der Waals surface area contributed by atoms with Gasteiger partial charge in [0.05, 0.1) is 10.9 Å². The van der Waals surface area contributed by atoms with E-state index in [4.69, 9.17) is 0 Å². The number of fused-ring (bicyclic) bond motifs is 1. The molecule has 0 atom stereocenters. The van der Waals surface area contributed by atoms with Crippen molar-refractivity contribution in [3.05, 3.63) is 36.4 Å². The van der Waals surface area contributed by atoms with Crippen LogP contribution in [0.1, 0.15) is 23.3 Å². The minimum atomic E-state index is -0.00916. The van der Waals surface area contributed by atoms with Gasteiger partial charge in [0.1, 0.15) is 11.2 Å². The predicted octanol–water partition coefficient (Wildman–Crippen LogP) is 2.17. The standard InChI is InChI=1S/C17H20N6OS/c1-21-8-6-13(20-21)16(24)22(2)12-4-9-23(10-5-12)17-19-14-11-18-7-3-15(14)25-17/h3,6-8,11-12H,4-5,9-10H2,1-2H3. The summed E-state index contributed by atoms with van der Waals surface area (Å²) in [6.07, 6.45) is 7.27. The first-order chi connectivity index (χ1) is 12.1. The van der Waals surface area contributed by atoms with Gasteiger partial charge < -0.3 is 9.80 Å². The lowest BCUT2D eigenvalue weighted by atomic mass is 10.0. The number of thiazole rings is 1. The average molecular weight is 356 g/mol. The van der Waals surface area contributed by atoms with Gasteiger partial charge >= 0.3 is 0 Å². The van der Waals surface area contributed by atoms with Gasteiger partial charge in [-0.25, -0.2) is 4.98 Å². The summed E-state index contributed by atoms with van der Waals surface area (Å²) in [5.74, 6) is -0.00916. The number of anilines is 1. The summed E-state index contributed by atoms with van der Waals surface area (Å²) in [5, 5.41) is 5.26. The minimum Gasteiger partial charge on any atom is -0.348 e. The zero-order chi connectivity index (χ0) is 17.4. The van der Waals surface area contributed by atoms with Crippen molar-refractivity contribution < 1.29 is 4.79 Å². The molecule has 0 radical (unpaired) electrons. The summed E-state index contributed by atoms with van der Waals surface area (Å²) in [4.78, 5) is 25.5. The summed E-state index contributed by atoms with van der Waals surface area (Å²) in [5.41, 5.74) is 1.46. The van der Waals surface area contributed by atoms with Gasteiger partial charge in [0.2, 0.25) is 0 Å². The van der Waals surface area contributed by atoms with Gasteiger partial charge in [0.15, 0.2) is 5.13 Å². The predicted molar refractivity (Wildman–Crippen MR) is 98.0 cm³/mol. The summed E-state index contributed by atoms with van der Waals surface area (Å²) < 4.78 is 2.82. The third-order valence-electron chi connectivity index (χ3n) is 4.71. The maximum absolute atomic E-state index is 12.5. The first kappa shape index (κ1) is 16.0. The van der Waals surface area contributed by atoms with Gasteiger partial charge in [0, 0.05) is 45.6 Å². The molecule has 8 heteroatoms. The van der Waals surface area contributed by atoms with E-state index in [2.05, 4.69) is 20.0 Å². The van der Waals surface area contributed by atoms with Crippen molar-refractivity contribution in [2.75, 3.05) is 25.0 Å². The number of carbonyl (C=O) groups is 1. The molecule has 0 aromatic carbocycles. The smallest absolute Gasteiger partial charge is 0.274 e. The SMILES string of the molecule is CN(C(=O)c1ccn(C)n1)C1CCN(c2nc3cnccc3s2)CC1. The highest BCUT2D eigenvalue weighted by molar-refractivity contribution is 7.22. The molecule has 4 heterocycles. The maximum Gasteiger partial charge on any atom is 0.274 e. The van der Waals surface area contributed by atoms with Crippen LogP contribution in [0, 0.1) is 0 Å². The molecule has 1 saturated heterocycles. The van der Waals surface area contributed by atoms with E-state index in [1.165, 1.54) is 0 Å². The highest BCUT2D eigenvalue weighted by Crippen LogP contribution is 2.30. The van der Waals surface area contributed by atoms with Crippen molar-refractivity contribution in [1.29, 1.82) is 0 Å². The zero-order valence-electron chi connectivity index (χ0n) is 14.3. The lowest BCUT2D eigenvalue weighted by Crippen LogP contribution is -2.45. The van der Waals surface area contributed by atoms with E-state index >= 15 is 0 Å². The Balaban J connectivity index is 1.41. The number of nitrogens with zero attached hydrogens (tertiary/aromatic N) is 6. The van der Waals surface area contributed by atoms with Crippen molar-refractivity contribution in [3.8, 4) is 0 Å². The van der Waals surface area contributed by atoms with Gasteiger partial charge in [-0.3, -0.25) is 14.5 Å². The second-order valence-corrected chi connectivity index (χ2v) is 7.36. The summed E-state index contributed by atoms with van der Waals surface area (Å²) in [6, 6.07) is 4.01. The number of carbonyl (C=O) groups excluding carboxylic acids is 1. The summed E-state index contributed by atoms with van der Waals surface area (Å²) in [7, 11) is 3.70. The van der Waals surface area contributed by atoms with Crippen molar-refractivity contribution in [2.24, 2.45) is 7.05 Å². The Hall–Kier alpha value is -2.48. The Bertz CT molecular complexity index is 862. The third kappa shape index (κ3) is 3.09. The number of hydrogen-bond acceptors (Lipinski definition) is 6. The van der Waals surface area contributed by atoms with Crippen LogP contribution in [0.15, 0.2) is 30.7 Å². The van der Waals surface area contributed by atoms with Crippen LogP contribution in [0.25, 0.3) is 10.2 Å². The average Bonchev–Trinajstić information content (AvgIpc) is 3.26. The second-order valence-electron chi connectivity index (χ2n) is 6.35. The molecule has 130 valence electrons. The molecular weight excluding hydrogens is 336 g/mol. The van der Waals surface area contributed by atoms with Gasteiger partial charge in [-0.1, -0.05) is 11.3 Å². The maximum atomic E-state index is 12.5. The molecule has 4 rings (SSSR count). The first-order valence-electron chi connectivity index (χ1n) is 8.34. The van der Waals surface area contributed by atoms with E-state index in [0.717, 1.165) is 41.3 Å². The van der Waals surface area contributed by atoms with Crippen molar-refractivity contribution in [1.82, 2.24) is 24.6 Å². The van der Waals surface area contributed by atoms with Crippen LogP contribution < -0.4 is 4.90 Å². The monoisotopic (exact) mass is 356 g/mol. The molecule has 1 aliphatic heterocycles. The quantitative estimate of drug-likeness (QED) is 0.719. The minimum absolute atomic E-state index is 0.00916. The van der Waals surface area contributed by atoms with E-state index < -0.39 is 0 Å². The van der Waals surface area contributed by atoms with Gasteiger partial charge in [-0.05, 0) is 25.0 Å². The zero-order valence-corrected chi connectivity index (χ0v) is 15.1. The summed E-state index contributed by atoms with van der Waals surface area (Å²) >= 11 is 1.70. The molecule has 0 unspecified atom stereocenters. The fourth-order valence-corrected chi connectivity index (χ4v) is 4.21. The molecule has 0 aliphatic carbocycles. The van der Waals surface area contributed by atoms with Crippen LogP contribution >= 0.6 is 11.3 Å². The van der Waals surface area contributed by atoms with Crippen molar-refractivity contribution in [3.63, 3.8) is 0 Å². The normalized spacial score (nSPS) is 15.7. The molecule has 0 bridgehead atoms. The highest BCUT2D eigenvalue weighted by Gasteiger charge is 2.28. The van der Waals surface area contributed by atoms with Gasteiger partial charge in [0.25, 0.3) is 5.91 Å². The van der Waals surface area contributed by atoms with Gasteiger partial charge in [-0.15, -0.1) is 0 Å².